The molecular weight excluding hydrogens is 190 g/mol. The monoisotopic (exact) mass is 201 g/mol. The molecule has 0 radical (unpaired) electrons. The van der Waals surface area contributed by atoms with Gasteiger partial charge in [0.15, 0.2) is 0 Å². The molecule has 1 heterocycles. The minimum atomic E-state index is -0.165. The van der Waals surface area contributed by atoms with Crippen LogP contribution in [-0.2, 0) is 0 Å². The summed E-state index contributed by atoms with van der Waals surface area (Å²) in [6, 6.07) is 5.57. The zero-order valence-corrected chi connectivity index (χ0v) is 8.10. The van der Waals surface area contributed by atoms with Gasteiger partial charge in [0.1, 0.15) is 0 Å². The van der Waals surface area contributed by atoms with Gasteiger partial charge in [-0.25, -0.2) is 5.10 Å². The molecule has 0 spiro atoms. The molecule has 0 saturated heterocycles. The minimum absolute atomic E-state index is 0.165. The van der Waals surface area contributed by atoms with E-state index in [1.54, 1.807) is 12.3 Å². The van der Waals surface area contributed by atoms with Crippen LogP contribution in [0.15, 0.2) is 35.3 Å². The summed E-state index contributed by atoms with van der Waals surface area (Å²) in [6.45, 7) is 0.506. The zero-order valence-electron chi connectivity index (χ0n) is 8.10. The second-order valence-electron chi connectivity index (χ2n) is 3.18. The fraction of sp³-hybridized carbons (Fsp3) is 0.0909. The van der Waals surface area contributed by atoms with Crippen LogP contribution in [-0.4, -0.2) is 16.7 Å². The van der Waals surface area contributed by atoms with Crippen molar-refractivity contribution in [1.82, 2.24) is 10.2 Å². The van der Waals surface area contributed by atoms with Gasteiger partial charge >= 0.3 is 0 Å². The molecule has 2 rings (SSSR count). The highest BCUT2D eigenvalue weighted by Crippen LogP contribution is 2.11. The number of benzene rings is 1. The molecule has 0 fully saturated rings. The van der Waals surface area contributed by atoms with Gasteiger partial charge in [-0.15, -0.1) is 0 Å². The van der Waals surface area contributed by atoms with Gasteiger partial charge in [0, 0.05) is 11.9 Å². The van der Waals surface area contributed by atoms with E-state index < -0.39 is 0 Å². The second kappa shape index (κ2) is 4.06. The summed E-state index contributed by atoms with van der Waals surface area (Å²) < 4.78 is 0. The molecule has 4 nitrogen and oxygen atoms in total. The number of nitrogens with zero attached hydrogens (tertiary/aromatic N) is 1. The van der Waals surface area contributed by atoms with E-state index in [1.165, 1.54) is 0 Å². The van der Waals surface area contributed by atoms with E-state index >= 15 is 0 Å². The lowest BCUT2D eigenvalue weighted by atomic mass is 10.1. The van der Waals surface area contributed by atoms with E-state index in [1.807, 2.05) is 24.3 Å². The summed E-state index contributed by atoms with van der Waals surface area (Å²) in [6.07, 6.45) is 5.42. The van der Waals surface area contributed by atoms with Crippen LogP contribution in [0.5, 0.6) is 0 Å². The lowest BCUT2D eigenvalue weighted by Gasteiger charge is -1.97. The molecule has 15 heavy (non-hydrogen) atoms. The Labute approximate surface area is 86.4 Å². The minimum Gasteiger partial charge on any atom is -0.327 e. The maximum absolute atomic E-state index is 11.3. The summed E-state index contributed by atoms with van der Waals surface area (Å²) in [5.74, 6) is 0. The first-order valence-electron chi connectivity index (χ1n) is 4.65. The van der Waals surface area contributed by atoms with Gasteiger partial charge in [-0.3, -0.25) is 4.79 Å². The van der Waals surface area contributed by atoms with Crippen LogP contribution in [0.3, 0.4) is 0 Å². The Morgan fingerprint density at radius 3 is 3.13 bits per heavy atom. The molecule has 76 valence electrons. The number of aromatic nitrogens is 2. The Kier molecular flexibility index (Phi) is 2.60. The van der Waals surface area contributed by atoms with Gasteiger partial charge < -0.3 is 5.73 Å². The highest BCUT2D eigenvalue weighted by molar-refractivity contribution is 5.82. The molecular formula is C11H11N3O. The molecule has 1 aromatic heterocycles. The average Bonchev–Trinajstić information content (AvgIpc) is 2.26. The normalized spacial score (nSPS) is 11.3. The molecule has 0 unspecified atom stereocenters. The van der Waals surface area contributed by atoms with Gasteiger partial charge in [-0.05, 0) is 17.7 Å². The Balaban J connectivity index is 2.57. The lowest BCUT2D eigenvalue weighted by Crippen LogP contribution is -2.06. The number of aromatic amines is 1. The van der Waals surface area contributed by atoms with Crippen LogP contribution in [0.25, 0.3) is 16.8 Å². The number of H-pyrrole nitrogens is 1. The first kappa shape index (κ1) is 9.61. The van der Waals surface area contributed by atoms with E-state index in [4.69, 9.17) is 5.73 Å². The largest absolute Gasteiger partial charge is 0.327 e. The van der Waals surface area contributed by atoms with Crippen LogP contribution < -0.4 is 11.3 Å². The average molecular weight is 201 g/mol. The number of fused-ring (bicyclic) bond motifs is 1. The SMILES string of the molecule is NCC=Cc1ccc2c(=O)[nH]ncc2c1. The molecule has 0 saturated carbocycles. The van der Waals surface area contributed by atoms with E-state index in [0.717, 1.165) is 10.9 Å². The third kappa shape index (κ3) is 1.94. The van der Waals surface area contributed by atoms with Crippen molar-refractivity contribution in [2.24, 2.45) is 5.73 Å². The summed E-state index contributed by atoms with van der Waals surface area (Å²) in [7, 11) is 0. The van der Waals surface area contributed by atoms with Crippen molar-refractivity contribution in [1.29, 1.82) is 0 Å². The molecule has 3 N–H and O–H groups in total. The van der Waals surface area contributed by atoms with Crippen molar-refractivity contribution in [3.63, 3.8) is 0 Å². The van der Waals surface area contributed by atoms with Crippen molar-refractivity contribution in [2.45, 2.75) is 0 Å². The maximum atomic E-state index is 11.3. The lowest BCUT2D eigenvalue weighted by molar-refractivity contribution is 1.01. The van der Waals surface area contributed by atoms with E-state index in [2.05, 4.69) is 10.2 Å². The smallest absolute Gasteiger partial charge is 0.272 e. The number of nitrogens with two attached hydrogens (primary N) is 1. The van der Waals surface area contributed by atoms with Crippen LogP contribution in [0.1, 0.15) is 5.56 Å². The highest BCUT2D eigenvalue weighted by Gasteiger charge is 1.97. The molecule has 0 bridgehead atoms. The molecule has 4 heteroatoms. The fourth-order valence-corrected chi connectivity index (χ4v) is 1.42. The number of rotatable bonds is 2. The van der Waals surface area contributed by atoms with Crippen molar-refractivity contribution in [3.8, 4) is 0 Å². The third-order valence-electron chi connectivity index (χ3n) is 2.14. The first-order chi connectivity index (χ1) is 7.31. The predicted octanol–water partition coefficient (Wildman–Crippen LogP) is 0.895. The fourth-order valence-electron chi connectivity index (χ4n) is 1.42. The molecule has 0 aliphatic carbocycles. The van der Waals surface area contributed by atoms with E-state index in [9.17, 15) is 4.79 Å². The summed E-state index contributed by atoms with van der Waals surface area (Å²) in [5, 5.41) is 7.62. The van der Waals surface area contributed by atoms with Crippen molar-refractivity contribution in [3.05, 3.63) is 46.4 Å². The van der Waals surface area contributed by atoms with E-state index in [0.29, 0.717) is 11.9 Å². The Morgan fingerprint density at radius 1 is 1.47 bits per heavy atom. The first-order valence-corrected chi connectivity index (χ1v) is 4.65. The number of hydrogen-bond acceptors (Lipinski definition) is 3. The quantitative estimate of drug-likeness (QED) is 0.758. The second-order valence-corrected chi connectivity index (χ2v) is 3.18. The molecule has 0 aliphatic rings. The van der Waals surface area contributed by atoms with Gasteiger partial charge in [0.2, 0.25) is 0 Å². The molecule has 0 atom stereocenters. The van der Waals surface area contributed by atoms with Gasteiger partial charge in [-0.1, -0.05) is 18.2 Å². The predicted molar refractivity (Wildman–Crippen MR) is 60.5 cm³/mol. The summed E-state index contributed by atoms with van der Waals surface area (Å²) in [4.78, 5) is 11.3. The van der Waals surface area contributed by atoms with Gasteiger partial charge in [0.25, 0.3) is 5.56 Å². The van der Waals surface area contributed by atoms with E-state index in [-0.39, 0.29) is 5.56 Å². The molecule has 1 aromatic carbocycles. The van der Waals surface area contributed by atoms with Crippen molar-refractivity contribution >= 4 is 16.8 Å². The molecule has 2 aromatic rings. The third-order valence-corrected chi connectivity index (χ3v) is 2.14. The Bertz CT molecular complexity index is 557. The standard InChI is InChI=1S/C11H11N3O/c12-5-1-2-8-3-4-10-9(6-8)7-13-14-11(10)15/h1-4,6-7H,5,12H2,(H,14,15). The highest BCUT2D eigenvalue weighted by atomic mass is 16.1. The number of hydrogen-bond donors (Lipinski definition) is 2. The van der Waals surface area contributed by atoms with Crippen molar-refractivity contribution < 1.29 is 0 Å². The van der Waals surface area contributed by atoms with Crippen LogP contribution in [0, 0.1) is 0 Å². The summed E-state index contributed by atoms with van der Waals surface area (Å²) >= 11 is 0. The molecule has 0 amide bonds. The maximum Gasteiger partial charge on any atom is 0.272 e. The van der Waals surface area contributed by atoms with Gasteiger partial charge in [-0.2, -0.15) is 5.10 Å². The van der Waals surface area contributed by atoms with Crippen molar-refractivity contribution in [2.75, 3.05) is 6.54 Å². The molecule has 0 aliphatic heterocycles. The zero-order chi connectivity index (χ0) is 10.7. The topological polar surface area (TPSA) is 71.8 Å². The Morgan fingerprint density at radius 2 is 2.33 bits per heavy atom. The number of nitrogens with one attached hydrogen (secondary N) is 1. The van der Waals surface area contributed by atoms with Crippen LogP contribution >= 0.6 is 0 Å². The van der Waals surface area contributed by atoms with Crippen LogP contribution in [0.2, 0.25) is 0 Å². The van der Waals surface area contributed by atoms with Gasteiger partial charge in [0.05, 0.1) is 11.6 Å². The summed E-state index contributed by atoms with van der Waals surface area (Å²) in [5.41, 5.74) is 6.21. The Hall–Kier alpha value is -1.94. The van der Waals surface area contributed by atoms with Crippen LogP contribution in [0.4, 0.5) is 0 Å².